The van der Waals surface area contributed by atoms with Crippen LogP contribution in [0, 0.1) is 10.1 Å². The zero-order valence-electron chi connectivity index (χ0n) is 17.5. The van der Waals surface area contributed by atoms with Gasteiger partial charge in [0.2, 0.25) is 0 Å². The summed E-state index contributed by atoms with van der Waals surface area (Å²) in [6.07, 6.45) is 7.70. The highest BCUT2D eigenvalue weighted by atomic mass is 32.1. The summed E-state index contributed by atoms with van der Waals surface area (Å²) in [4.78, 5) is 17.5. The maximum Gasteiger partial charge on any atom is 0.269 e. The number of nitro groups is 1. The van der Waals surface area contributed by atoms with E-state index in [0.29, 0.717) is 11.8 Å². The number of aromatic nitrogens is 1. The third-order valence-corrected chi connectivity index (χ3v) is 6.71. The molecule has 2 atom stereocenters. The van der Waals surface area contributed by atoms with Gasteiger partial charge in [0.05, 0.1) is 16.7 Å². The second-order valence-corrected chi connectivity index (χ2v) is 8.72. The van der Waals surface area contributed by atoms with Crippen molar-refractivity contribution in [1.82, 2.24) is 15.2 Å². The Morgan fingerprint density at radius 2 is 1.84 bits per heavy atom. The number of benzene rings is 1. The topological polar surface area (TPSA) is 84.4 Å². The van der Waals surface area contributed by atoms with Crippen LogP contribution in [-0.4, -0.2) is 26.0 Å². The number of nitrogens with one attached hydrogen (secondary N) is 1. The van der Waals surface area contributed by atoms with Gasteiger partial charge in [0.25, 0.3) is 5.69 Å². The van der Waals surface area contributed by atoms with Gasteiger partial charge in [-0.3, -0.25) is 15.1 Å². The summed E-state index contributed by atoms with van der Waals surface area (Å²) in [7, 11) is 0. The summed E-state index contributed by atoms with van der Waals surface area (Å²) in [6, 6.07) is 16.4. The summed E-state index contributed by atoms with van der Waals surface area (Å²) in [5.41, 5.74) is 1.78. The molecular formula is C24H24N4O3S. The van der Waals surface area contributed by atoms with E-state index >= 15 is 0 Å². The molecule has 8 heteroatoms. The molecule has 1 aromatic carbocycles. The van der Waals surface area contributed by atoms with Gasteiger partial charge >= 0.3 is 0 Å². The fourth-order valence-corrected chi connectivity index (χ4v) is 5.23. The molecule has 32 heavy (non-hydrogen) atoms. The van der Waals surface area contributed by atoms with Crippen molar-refractivity contribution < 1.29 is 9.34 Å². The molecule has 0 bridgehead atoms. The van der Waals surface area contributed by atoms with E-state index in [1.807, 2.05) is 30.3 Å². The van der Waals surface area contributed by atoms with Crippen molar-refractivity contribution in [2.75, 3.05) is 0 Å². The highest BCUT2D eigenvalue weighted by molar-refractivity contribution is 7.80. The van der Waals surface area contributed by atoms with Crippen molar-refractivity contribution >= 4 is 23.0 Å². The summed E-state index contributed by atoms with van der Waals surface area (Å²) >= 11 is 5.80. The molecule has 7 nitrogen and oxygen atoms in total. The lowest BCUT2D eigenvalue weighted by molar-refractivity contribution is -0.384. The molecule has 5 rings (SSSR count). The van der Waals surface area contributed by atoms with Crippen molar-refractivity contribution in [3.63, 3.8) is 0 Å². The molecule has 1 saturated carbocycles. The van der Waals surface area contributed by atoms with Crippen LogP contribution in [-0.2, 0) is 0 Å². The molecular weight excluding hydrogens is 424 g/mol. The van der Waals surface area contributed by atoms with Crippen molar-refractivity contribution in [2.45, 2.75) is 50.2 Å². The van der Waals surface area contributed by atoms with Crippen LogP contribution in [0.2, 0.25) is 0 Å². The summed E-state index contributed by atoms with van der Waals surface area (Å²) in [5.74, 6) is 1.49. The number of hydrogen-bond donors (Lipinski definition) is 1. The van der Waals surface area contributed by atoms with E-state index in [4.69, 9.17) is 16.6 Å². The average Bonchev–Trinajstić information content (AvgIpc) is 3.45. The molecule has 3 heterocycles. The number of thiocarbonyl (C=S) groups is 1. The molecule has 3 aromatic rings. The molecule has 0 amide bonds. The first-order valence-electron chi connectivity index (χ1n) is 11.0. The molecule has 1 aliphatic heterocycles. The smallest absolute Gasteiger partial charge is 0.269 e. The van der Waals surface area contributed by atoms with Gasteiger partial charge in [-0.05, 0) is 61.5 Å². The number of hydrogen-bond acceptors (Lipinski definition) is 5. The Morgan fingerprint density at radius 3 is 2.53 bits per heavy atom. The lowest BCUT2D eigenvalue weighted by Crippen LogP contribution is -2.40. The van der Waals surface area contributed by atoms with Gasteiger partial charge in [-0.1, -0.05) is 25.3 Å². The molecule has 0 spiro atoms. The number of furan rings is 1. The normalized spacial score (nSPS) is 21.5. The van der Waals surface area contributed by atoms with Crippen LogP contribution in [0.4, 0.5) is 5.69 Å². The molecule has 1 aliphatic carbocycles. The van der Waals surface area contributed by atoms with E-state index in [9.17, 15) is 10.1 Å². The summed E-state index contributed by atoms with van der Waals surface area (Å²) in [6.45, 7) is 0. The fraction of sp³-hybridized carbons (Fsp3) is 0.333. The Morgan fingerprint density at radius 1 is 1.06 bits per heavy atom. The van der Waals surface area contributed by atoms with Crippen LogP contribution in [0.25, 0.3) is 11.3 Å². The Hall–Kier alpha value is -3.26. The first-order chi connectivity index (χ1) is 15.6. The largest absolute Gasteiger partial charge is 0.459 e. The minimum atomic E-state index is -0.401. The van der Waals surface area contributed by atoms with Crippen molar-refractivity contribution in [2.24, 2.45) is 0 Å². The van der Waals surface area contributed by atoms with Crippen molar-refractivity contribution in [1.29, 1.82) is 0 Å². The first-order valence-corrected chi connectivity index (χ1v) is 11.4. The van der Waals surface area contributed by atoms with Gasteiger partial charge in [0.1, 0.15) is 17.6 Å². The zero-order chi connectivity index (χ0) is 22.1. The molecule has 1 saturated heterocycles. The van der Waals surface area contributed by atoms with E-state index in [-0.39, 0.29) is 17.8 Å². The van der Waals surface area contributed by atoms with Gasteiger partial charge in [-0.25, -0.2) is 0 Å². The third-order valence-electron chi connectivity index (χ3n) is 6.38. The van der Waals surface area contributed by atoms with Gasteiger partial charge in [0.15, 0.2) is 5.11 Å². The SMILES string of the molecule is O=[N+]([O-])c1ccc(-c2ccc([C@H]3[C@@H](c4ccccn4)NC(=S)N3C3CCCCC3)o2)cc1. The molecule has 1 N–H and O–H groups in total. The third kappa shape index (κ3) is 3.86. The van der Waals surface area contributed by atoms with Crippen molar-refractivity contribution in [3.8, 4) is 11.3 Å². The molecule has 2 fully saturated rings. The van der Waals surface area contributed by atoms with E-state index in [2.05, 4.69) is 15.2 Å². The number of nitro benzene ring substituents is 1. The molecule has 0 unspecified atom stereocenters. The number of nitrogens with zero attached hydrogens (tertiary/aromatic N) is 3. The average molecular weight is 449 g/mol. The molecule has 164 valence electrons. The van der Waals surface area contributed by atoms with E-state index in [1.54, 1.807) is 18.3 Å². The minimum Gasteiger partial charge on any atom is -0.459 e. The highest BCUT2D eigenvalue weighted by Crippen LogP contribution is 2.43. The van der Waals surface area contributed by atoms with Crippen LogP contribution in [0.15, 0.2) is 65.2 Å². The Kier molecular flexibility index (Phi) is 5.61. The quantitative estimate of drug-likeness (QED) is 0.311. The van der Waals surface area contributed by atoms with Crippen LogP contribution in [0.5, 0.6) is 0 Å². The standard InChI is InChI=1S/C24H24N4O3S/c29-28(30)18-11-9-16(10-12-18)20-13-14-21(31-20)23-22(19-8-4-5-15-25-19)26-24(32)27(23)17-6-2-1-3-7-17/h4-5,8-15,17,22-23H,1-3,6-7H2,(H,26,32)/t22-,23+/m1/s1. The number of non-ortho nitro benzene ring substituents is 1. The van der Waals surface area contributed by atoms with E-state index in [1.165, 1.54) is 31.4 Å². The maximum atomic E-state index is 11.0. The summed E-state index contributed by atoms with van der Waals surface area (Å²) < 4.78 is 6.34. The lowest BCUT2D eigenvalue weighted by atomic mass is 9.92. The molecule has 2 aliphatic rings. The van der Waals surface area contributed by atoms with E-state index in [0.717, 1.165) is 35.0 Å². The van der Waals surface area contributed by atoms with Gasteiger partial charge in [0, 0.05) is 29.9 Å². The second kappa shape index (κ2) is 8.70. The van der Waals surface area contributed by atoms with Gasteiger partial charge in [-0.2, -0.15) is 0 Å². The van der Waals surface area contributed by atoms with Crippen molar-refractivity contribution in [3.05, 3.63) is 82.4 Å². The van der Waals surface area contributed by atoms with Gasteiger partial charge in [-0.15, -0.1) is 0 Å². The van der Waals surface area contributed by atoms with E-state index < -0.39 is 4.92 Å². The Bertz CT molecular complexity index is 1110. The number of rotatable bonds is 5. The lowest BCUT2D eigenvalue weighted by Gasteiger charge is -2.36. The molecule has 0 radical (unpaired) electrons. The highest BCUT2D eigenvalue weighted by Gasteiger charge is 2.44. The van der Waals surface area contributed by atoms with Crippen LogP contribution >= 0.6 is 12.2 Å². The Balaban J connectivity index is 1.51. The minimum absolute atomic E-state index is 0.0598. The fourth-order valence-electron chi connectivity index (χ4n) is 4.84. The number of pyridine rings is 1. The van der Waals surface area contributed by atoms with Crippen LogP contribution in [0.1, 0.15) is 55.6 Å². The predicted octanol–water partition coefficient (Wildman–Crippen LogP) is 5.56. The van der Waals surface area contributed by atoms with Crippen LogP contribution in [0.3, 0.4) is 0 Å². The monoisotopic (exact) mass is 448 g/mol. The maximum absolute atomic E-state index is 11.0. The first kappa shape index (κ1) is 20.6. The van der Waals surface area contributed by atoms with Gasteiger partial charge < -0.3 is 14.6 Å². The molecule has 2 aromatic heterocycles. The second-order valence-electron chi connectivity index (χ2n) is 8.33. The summed E-state index contributed by atoms with van der Waals surface area (Å²) in [5, 5.41) is 15.2. The van der Waals surface area contributed by atoms with Crippen LogP contribution < -0.4 is 5.32 Å². The zero-order valence-corrected chi connectivity index (χ0v) is 18.3. The Labute approximate surface area is 191 Å². The predicted molar refractivity (Wildman–Crippen MR) is 125 cm³/mol.